The van der Waals surface area contributed by atoms with Gasteiger partial charge in [0.25, 0.3) is 0 Å². The lowest BCUT2D eigenvalue weighted by Gasteiger charge is -2.58. The molecule has 0 amide bonds. The zero-order valence-electron chi connectivity index (χ0n) is 47.8. The standard InChI is InChI=1S/C56H92O24/c1-23(72-53-50(48(69-10)39(60)24(2)73-53)80-52-45(66)43(64)41(62)36(78-52)22-70-51-44(65)42(63)40(61)35(21-57)77-51)31-13-14-32-30-12-11-28-19-29(15-17-55(28,6)33(30)16-18-56(31,32)7)76-37-20-34(67-8)46(26(4)71-37)79-54-49(75-27(5)58)47(68-9)38(59)25(3)74-54/h11,23-26,29-54,57,59-66H,12-22H2,1-10H3/t23?,24-,25-,26-,29+,30?,31?,32?,33?,34+,35-,36-,37+,38+,39+,40-,41-,42+,43-,44-,45-,46-,47+,48+,49-,50-,51-,52+,53-,54+,55+,56-/m1/s1. The van der Waals surface area contributed by atoms with Crippen molar-refractivity contribution in [3.8, 4) is 0 Å². The molecule has 8 fully saturated rings. The largest absolute Gasteiger partial charge is 0.454 e. The molecule has 0 aromatic heterocycles. The average molecular weight is 1150 g/mol. The van der Waals surface area contributed by atoms with Gasteiger partial charge in [0.2, 0.25) is 0 Å². The molecule has 32 atom stereocenters. The molecule has 0 bridgehead atoms. The van der Waals surface area contributed by atoms with Gasteiger partial charge in [0.1, 0.15) is 85.5 Å². The van der Waals surface area contributed by atoms with Crippen LogP contribution in [0.5, 0.6) is 0 Å². The SMILES string of the molecule is CO[C@H]1[C@@H](O)[C@@H](C)O[C@@H](O[C@H]2[C@@H](OC)C[C@H](O[C@H]3CC[C@@]4(C)C(=CCC5C6CCC(C(C)O[C@@H]7O[C@H](C)[C@H](O)[C@H](OC)[C@H]7O[C@@H]7O[C@H](CO[C@@H]8O[C@H](CO)[C@@H](O)[C@H](O)[C@H]8O)[C@@H](O)[C@@H](O)[C@H]7O)[C@@]6(C)CCC54)C3)O[C@@H]2C)[C@@H]1OC(C)=O. The molecule has 24 nitrogen and oxygen atoms in total. The first-order chi connectivity index (χ1) is 38.0. The fourth-order valence-electron chi connectivity index (χ4n) is 15.7. The third kappa shape index (κ3) is 12.1. The van der Waals surface area contributed by atoms with Crippen molar-refractivity contribution in [2.24, 2.45) is 34.5 Å². The summed E-state index contributed by atoms with van der Waals surface area (Å²) in [5.41, 5.74) is 1.38. The maximum atomic E-state index is 12.1. The lowest BCUT2D eigenvalue weighted by Crippen LogP contribution is -2.65. The van der Waals surface area contributed by atoms with Crippen molar-refractivity contribution in [2.75, 3.05) is 34.5 Å². The topological polar surface area (TPSA) is 328 Å². The van der Waals surface area contributed by atoms with Crippen LogP contribution in [0.1, 0.15) is 106 Å². The molecule has 5 heterocycles. The van der Waals surface area contributed by atoms with Crippen molar-refractivity contribution in [2.45, 2.75) is 266 Å². The summed E-state index contributed by atoms with van der Waals surface area (Å²) in [5.74, 6) is 0.964. The van der Waals surface area contributed by atoms with Gasteiger partial charge >= 0.3 is 5.97 Å². The van der Waals surface area contributed by atoms with Crippen LogP contribution < -0.4 is 0 Å². The number of hydrogen-bond acceptors (Lipinski definition) is 24. The number of aliphatic hydroxyl groups excluding tert-OH is 9. The van der Waals surface area contributed by atoms with E-state index in [0.717, 1.165) is 51.4 Å². The van der Waals surface area contributed by atoms with E-state index in [0.29, 0.717) is 24.2 Å². The number of methoxy groups -OCH3 is 3. The van der Waals surface area contributed by atoms with E-state index < -0.39 is 167 Å². The van der Waals surface area contributed by atoms with Gasteiger partial charge in [-0.15, -0.1) is 0 Å². The second-order valence-corrected chi connectivity index (χ2v) is 24.7. The summed E-state index contributed by atoms with van der Waals surface area (Å²) in [4.78, 5) is 12.1. The molecule has 460 valence electrons. The minimum Gasteiger partial charge on any atom is -0.454 e. The van der Waals surface area contributed by atoms with Crippen molar-refractivity contribution in [3.63, 3.8) is 0 Å². The number of aliphatic hydroxyl groups is 9. The molecular weight excluding hydrogens is 1060 g/mol. The van der Waals surface area contributed by atoms with E-state index in [1.165, 1.54) is 26.7 Å². The van der Waals surface area contributed by atoms with E-state index in [2.05, 4.69) is 19.9 Å². The summed E-state index contributed by atoms with van der Waals surface area (Å²) in [6, 6.07) is 0. The van der Waals surface area contributed by atoms with Gasteiger partial charge in [-0.25, -0.2) is 0 Å². The fraction of sp³-hybridized carbons (Fsp3) is 0.946. The maximum Gasteiger partial charge on any atom is 0.303 e. The highest BCUT2D eigenvalue weighted by atomic mass is 16.8. The Hall–Kier alpha value is -1.67. The van der Waals surface area contributed by atoms with Crippen molar-refractivity contribution in [1.82, 2.24) is 0 Å². The number of carbonyl (C=O) groups is 1. The quantitative estimate of drug-likeness (QED) is 0.0688. The normalized spacial score (nSPS) is 52.0. The molecule has 5 saturated heterocycles. The van der Waals surface area contributed by atoms with Crippen LogP contribution in [0, 0.1) is 34.5 Å². The van der Waals surface area contributed by atoms with Gasteiger partial charge in [-0.05, 0) is 114 Å². The van der Waals surface area contributed by atoms with Crippen LogP contribution in [0.15, 0.2) is 11.6 Å². The highest BCUT2D eigenvalue weighted by Gasteiger charge is 2.61. The van der Waals surface area contributed by atoms with Crippen LogP contribution in [-0.2, 0) is 71.1 Å². The lowest BCUT2D eigenvalue weighted by atomic mass is 9.47. The van der Waals surface area contributed by atoms with Gasteiger partial charge in [0, 0.05) is 34.7 Å². The molecule has 0 radical (unpaired) electrons. The van der Waals surface area contributed by atoms with Gasteiger partial charge in [-0.1, -0.05) is 25.5 Å². The van der Waals surface area contributed by atoms with Crippen LogP contribution in [0.2, 0.25) is 0 Å². The average Bonchev–Trinajstić information content (AvgIpc) is 4.01. The summed E-state index contributed by atoms with van der Waals surface area (Å²) >= 11 is 0. The highest BCUT2D eigenvalue weighted by Crippen LogP contribution is 2.67. The zero-order chi connectivity index (χ0) is 57.9. The summed E-state index contributed by atoms with van der Waals surface area (Å²) < 4.78 is 85.4. The Balaban J connectivity index is 0.819. The highest BCUT2D eigenvalue weighted by molar-refractivity contribution is 5.66. The van der Waals surface area contributed by atoms with Gasteiger partial charge in [-0.3, -0.25) is 4.79 Å². The summed E-state index contributed by atoms with van der Waals surface area (Å²) in [7, 11) is 4.47. The van der Waals surface area contributed by atoms with E-state index in [1.807, 2.05) is 13.8 Å². The van der Waals surface area contributed by atoms with E-state index in [4.69, 9.17) is 66.3 Å². The summed E-state index contributed by atoms with van der Waals surface area (Å²) in [5, 5.41) is 96.0. The molecule has 9 rings (SSSR count). The zero-order valence-corrected chi connectivity index (χ0v) is 47.8. The molecule has 24 heteroatoms. The second-order valence-electron chi connectivity index (χ2n) is 24.7. The first-order valence-electron chi connectivity index (χ1n) is 29.0. The molecule has 5 aliphatic heterocycles. The third-order valence-electron chi connectivity index (χ3n) is 20.2. The smallest absolute Gasteiger partial charge is 0.303 e. The van der Waals surface area contributed by atoms with Crippen molar-refractivity contribution in [1.29, 1.82) is 0 Å². The summed E-state index contributed by atoms with van der Waals surface area (Å²) in [6.07, 6.45) is -18.1. The molecule has 0 aromatic carbocycles. The molecule has 3 saturated carbocycles. The number of fused-ring (bicyclic) bond motifs is 5. The number of allylic oxidation sites excluding steroid dienone is 1. The first-order valence-corrected chi connectivity index (χ1v) is 29.0. The minimum absolute atomic E-state index is 0.00929. The lowest BCUT2D eigenvalue weighted by molar-refractivity contribution is -0.376. The molecule has 4 aliphatic carbocycles. The first kappa shape index (κ1) is 62.8. The number of hydrogen-bond donors (Lipinski definition) is 9. The fourth-order valence-corrected chi connectivity index (χ4v) is 15.7. The second kappa shape index (κ2) is 25.7. The Morgan fingerprint density at radius 1 is 0.637 bits per heavy atom. The van der Waals surface area contributed by atoms with Crippen molar-refractivity contribution in [3.05, 3.63) is 11.6 Å². The van der Waals surface area contributed by atoms with Crippen LogP contribution >= 0.6 is 0 Å². The monoisotopic (exact) mass is 1150 g/mol. The van der Waals surface area contributed by atoms with Crippen molar-refractivity contribution >= 4 is 5.97 Å². The number of ether oxygens (including phenoxy) is 14. The van der Waals surface area contributed by atoms with E-state index in [1.54, 1.807) is 21.0 Å². The minimum atomic E-state index is -1.81. The van der Waals surface area contributed by atoms with E-state index in [-0.39, 0.29) is 29.0 Å². The van der Waals surface area contributed by atoms with E-state index >= 15 is 0 Å². The molecule has 9 N–H and O–H groups in total. The number of esters is 1. The maximum absolute atomic E-state index is 12.1. The molecule has 0 aromatic rings. The van der Waals surface area contributed by atoms with Crippen LogP contribution in [0.25, 0.3) is 0 Å². The summed E-state index contributed by atoms with van der Waals surface area (Å²) in [6.45, 7) is 12.2. The number of carbonyl (C=O) groups excluding carboxylic acids is 1. The van der Waals surface area contributed by atoms with Gasteiger partial charge < -0.3 is 112 Å². The Kier molecular flexibility index (Phi) is 20.2. The van der Waals surface area contributed by atoms with Crippen LogP contribution in [0.3, 0.4) is 0 Å². The predicted molar refractivity (Wildman–Crippen MR) is 274 cm³/mol. The van der Waals surface area contributed by atoms with Gasteiger partial charge in [0.15, 0.2) is 37.6 Å². The van der Waals surface area contributed by atoms with Gasteiger partial charge in [0.05, 0.1) is 49.8 Å². The van der Waals surface area contributed by atoms with Crippen LogP contribution in [0.4, 0.5) is 0 Å². The van der Waals surface area contributed by atoms with Crippen LogP contribution in [-0.4, -0.2) is 246 Å². The molecule has 9 aliphatic rings. The predicted octanol–water partition coefficient (Wildman–Crippen LogP) is 0.0732. The molecular formula is C56H92O24. The molecule has 80 heavy (non-hydrogen) atoms. The Labute approximate surface area is 468 Å². The Morgan fingerprint density at radius 2 is 1.26 bits per heavy atom. The Morgan fingerprint density at radius 3 is 1.91 bits per heavy atom. The Bertz CT molecular complexity index is 2070. The third-order valence-corrected chi connectivity index (χ3v) is 20.2. The van der Waals surface area contributed by atoms with E-state index in [9.17, 15) is 50.8 Å². The van der Waals surface area contributed by atoms with Gasteiger partial charge in [-0.2, -0.15) is 0 Å². The molecule has 5 unspecified atom stereocenters. The van der Waals surface area contributed by atoms with Crippen molar-refractivity contribution < 1.29 is 117 Å². The number of rotatable bonds is 17. The molecule has 0 spiro atoms.